The Labute approximate surface area is 128 Å². The molecular weight excluding hydrogens is 296 g/mol. The number of carbonyl (C=O) groups is 3. The molecule has 3 N–H and O–H groups in total. The summed E-state index contributed by atoms with van der Waals surface area (Å²) in [6, 6.07) is 0. The number of aromatic amines is 2. The van der Waals surface area contributed by atoms with Crippen LogP contribution in [0.1, 0.15) is 43.7 Å². The number of fused-ring (bicyclic) bond motifs is 8. The van der Waals surface area contributed by atoms with Gasteiger partial charge in [0.1, 0.15) is 5.52 Å². The standard InChI is InChI=1S/C16H10N4O3/c1-5-2-7(21)11-10(15(5)22)8-6-3-17-16(23)9(6)12-14(13(8)20-11)19-4-18-12/h2,4,20H,3H2,1H3,(H,17,23)(H,18,19). The molecule has 3 aromatic rings. The second-order valence-corrected chi connectivity index (χ2v) is 5.81. The van der Waals surface area contributed by atoms with Crippen molar-refractivity contribution < 1.29 is 14.4 Å². The highest BCUT2D eigenvalue weighted by atomic mass is 16.2. The summed E-state index contributed by atoms with van der Waals surface area (Å²) in [6.45, 7) is 1.95. The molecule has 7 nitrogen and oxygen atoms in total. The molecule has 0 atom stereocenters. The lowest BCUT2D eigenvalue weighted by Crippen LogP contribution is -2.14. The van der Waals surface area contributed by atoms with Gasteiger partial charge in [0, 0.05) is 17.5 Å². The molecule has 23 heavy (non-hydrogen) atoms. The van der Waals surface area contributed by atoms with Gasteiger partial charge in [-0.05, 0) is 18.6 Å². The van der Waals surface area contributed by atoms with Crippen molar-refractivity contribution in [2.24, 2.45) is 0 Å². The Morgan fingerprint density at radius 3 is 2.78 bits per heavy atom. The molecule has 0 spiro atoms. The summed E-state index contributed by atoms with van der Waals surface area (Å²) >= 11 is 0. The molecule has 5 rings (SSSR count). The Morgan fingerprint density at radius 2 is 1.96 bits per heavy atom. The molecule has 1 aliphatic carbocycles. The van der Waals surface area contributed by atoms with Gasteiger partial charge in [0.05, 0.1) is 34.2 Å². The summed E-state index contributed by atoms with van der Waals surface area (Å²) in [4.78, 5) is 47.4. The van der Waals surface area contributed by atoms with Crippen LogP contribution in [0.25, 0.3) is 21.9 Å². The Bertz CT molecular complexity index is 1130. The zero-order chi connectivity index (χ0) is 15.9. The number of rotatable bonds is 0. The first-order valence-electron chi connectivity index (χ1n) is 7.17. The van der Waals surface area contributed by atoms with E-state index in [4.69, 9.17) is 0 Å². The van der Waals surface area contributed by atoms with Crippen LogP contribution in [-0.2, 0) is 6.54 Å². The summed E-state index contributed by atoms with van der Waals surface area (Å²) in [6.07, 6.45) is 2.84. The van der Waals surface area contributed by atoms with E-state index in [9.17, 15) is 14.4 Å². The molecule has 1 amide bonds. The maximum absolute atomic E-state index is 12.6. The molecule has 112 valence electrons. The number of nitrogens with one attached hydrogen (secondary N) is 3. The third-order valence-electron chi connectivity index (χ3n) is 4.56. The maximum atomic E-state index is 12.6. The molecular formula is C16H10N4O3. The zero-order valence-corrected chi connectivity index (χ0v) is 12.0. The van der Waals surface area contributed by atoms with Gasteiger partial charge in [-0.25, -0.2) is 4.98 Å². The van der Waals surface area contributed by atoms with Crippen LogP contribution in [0.5, 0.6) is 0 Å². The third kappa shape index (κ3) is 1.30. The lowest BCUT2D eigenvalue weighted by atomic mass is 9.90. The third-order valence-corrected chi connectivity index (χ3v) is 4.56. The highest BCUT2D eigenvalue weighted by Gasteiger charge is 2.34. The topological polar surface area (TPSA) is 108 Å². The maximum Gasteiger partial charge on any atom is 0.254 e. The fourth-order valence-corrected chi connectivity index (χ4v) is 3.55. The average Bonchev–Trinajstić information content (AvgIpc) is 3.19. The fraction of sp³-hybridized carbons (Fsp3) is 0.125. The molecule has 2 aliphatic rings. The van der Waals surface area contributed by atoms with Crippen molar-refractivity contribution in [3.05, 3.63) is 40.4 Å². The number of hydrogen-bond donors (Lipinski definition) is 3. The number of aromatic nitrogens is 3. The summed E-state index contributed by atoms with van der Waals surface area (Å²) in [5, 5.41) is 3.41. The van der Waals surface area contributed by atoms with Crippen molar-refractivity contribution in [1.82, 2.24) is 20.3 Å². The number of amides is 1. The van der Waals surface area contributed by atoms with Gasteiger partial charge >= 0.3 is 0 Å². The Hall–Kier alpha value is -3.22. The van der Waals surface area contributed by atoms with E-state index in [0.29, 0.717) is 45.2 Å². The lowest BCUT2D eigenvalue weighted by molar-refractivity contribution is 0.0966. The predicted molar refractivity (Wildman–Crippen MR) is 81.5 cm³/mol. The van der Waals surface area contributed by atoms with Gasteiger partial charge in [-0.1, -0.05) is 0 Å². The van der Waals surface area contributed by atoms with Crippen molar-refractivity contribution in [2.45, 2.75) is 13.5 Å². The van der Waals surface area contributed by atoms with Crippen molar-refractivity contribution in [2.75, 3.05) is 0 Å². The predicted octanol–water partition coefficient (Wildman–Crippen LogP) is 1.61. The average molecular weight is 306 g/mol. The van der Waals surface area contributed by atoms with Gasteiger partial charge in [0.25, 0.3) is 5.91 Å². The SMILES string of the molecule is CC1=CC(=O)c2[nH]c3c(c4c(c5nc[nH]c53)C(=O)NC4)c2C1=O. The molecule has 0 saturated heterocycles. The molecule has 0 unspecified atom stereocenters. The molecule has 1 aromatic carbocycles. The molecule has 0 saturated carbocycles. The monoisotopic (exact) mass is 306 g/mol. The quantitative estimate of drug-likeness (QED) is 0.586. The number of hydrogen-bond acceptors (Lipinski definition) is 4. The van der Waals surface area contributed by atoms with Gasteiger partial charge in [-0.2, -0.15) is 0 Å². The van der Waals surface area contributed by atoms with Crippen LogP contribution in [-0.4, -0.2) is 32.4 Å². The van der Waals surface area contributed by atoms with Crippen molar-refractivity contribution in [1.29, 1.82) is 0 Å². The van der Waals surface area contributed by atoms with Crippen LogP contribution in [0.2, 0.25) is 0 Å². The summed E-state index contributed by atoms with van der Waals surface area (Å²) < 4.78 is 0. The Morgan fingerprint density at radius 1 is 1.13 bits per heavy atom. The number of carbonyl (C=O) groups excluding carboxylic acids is 3. The first-order valence-corrected chi connectivity index (χ1v) is 7.17. The second-order valence-electron chi connectivity index (χ2n) is 5.81. The highest BCUT2D eigenvalue weighted by molar-refractivity contribution is 6.32. The van der Waals surface area contributed by atoms with Gasteiger partial charge in [-0.15, -0.1) is 0 Å². The minimum Gasteiger partial charge on any atom is -0.349 e. The lowest BCUT2D eigenvalue weighted by Gasteiger charge is -2.09. The van der Waals surface area contributed by atoms with Gasteiger partial charge in [-0.3, -0.25) is 14.4 Å². The number of imidazole rings is 1. The summed E-state index contributed by atoms with van der Waals surface area (Å²) in [5.41, 5.74) is 4.05. The number of Topliss-reactive ketones (excluding diaryl/α,β-unsaturated/α-hetero) is 1. The van der Waals surface area contributed by atoms with Gasteiger partial charge in [0.2, 0.25) is 5.78 Å². The second kappa shape index (κ2) is 3.75. The Kier molecular flexibility index (Phi) is 2.01. The van der Waals surface area contributed by atoms with E-state index < -0.39 is 0 Å². The number of ketones is 2. The molecule has 3 heterocycles. The number of benzene rings is 1. The zero-order valence-electron chi connectivity index (χ0n) is 12.0. The van der Waals surface area contributed by atoms with E-state index in [2.05, 4.69) is 20.3 Å². The molecule has 7 heteroatoms. The van der Waals surface area contributed by atoms with E-state index >= 15 is 0 Å². The van der Waals surface area contributed by atoms with Crippen LogP contribution in [0.3, 0.4) is 0 Å². The van der Waals surface area contributed by atoms with Crippen LogP contribution in [0.15, 0.2) is 18.0 Å². The normalized spacial score (nSPS) is 16.7. The van der Waals surface area contributed by atoms with E-state index in [1.165, 1.54) is 12.4 Å². The van der Waals surface area contributed by atoms with E-state index in [0.717, 1.165) is 5.56 Å². The Balaban J connectivity index is 2.06. The molecule has 1 aliphatic heterocycles. The van der Waals surface area contributed by atoms with E-state index in [1.807, 2.05) is 0 Å². The van der Waals surface area contributed by atoms with Gasteiger partial charge in [0.15, 0.2) is 5.78 Å². The highest BCUT2D eigenvalue weighted by Crippen LogP contribution is 2.38. The van der Waals surface area contributed by atoms with Crippen molar-refractivity contribution in [3.8, 4) is 0 Å². The summed E-state index contributed by atoms with van der Waals surface area (Å²) in [5.74, 6) is -0.630. The van der Waals surface area contributed by atoms with Crippen LogP contribution >= 0.6 is 0 Å². The largest absolute Gasteiger partial charge is 0.349 e. The first kappa shape index (κ1) is 12.3. The van der Waals surface area contributed by atoms with Gasteiger partial charge < -0.3 is 15.3 Å². The van der Waals surface area contributed by atoms with E-state index in [-0.39, 0.29) is 23.2 Å². The molecule has 2 aromatic heterocycles. The number of allylic oxidation sites excluding steroid dienone is 2. The molecule has 0 bridgehead atoms. The molecule has 0 fully saturated rings. The van der Waals surface area contributed by atoms with Crippen molar-refractivity contribution in [3.63, 3.8) is 0 Å². The minimum atomic E-state index is -0.230. The van der Waals surface area contributed by atoms with E-state index in [1.54, 1.807) is 6.92 Å². The minimum absolute atomic E-state index is 0.189. The van der Waals surface area contributed by atoms with Crippen LogP contribution < -0.4 is 5.32 Å². The molecule has 0 radical (unpaired) electrons. The smallest absolute Gasteiger partial charge is 0.254 e. The van der Waals surface area contributed by atoms with Crippen LogP contribution in [0, 0.1) is 0 Å². The fourth-order valence-electron chi connectivity index (χ4n) is 3.55. The number of nitrogens with zero attached hydrogens (tertiary/aromatic N) is 1. The first-order chi connectivity index (χ1) is 11.1. The van der Waals surface area contributed by atoms with Crippen molar-refractivity contribution >= 4 is 39.4 Å². The van der Waals surface area contributed by atoms with Crippen LogP contribution in [0.4, 0.5) is 0 Å². The number of H-pyrrole nitrogens is 2. The summed E-state index contributed by atoms with van der Waals surface area (Å²) in [7, 11) is 0.